The van der Waals surface area contributed by atoms with Crippen molar-refractivity contribution >= 4 is 11.9 Å². The standard InChI is InChI=1S/C20H32O18/c1-32-3-4-5(21)6(22)14(38-19-10(26)11(33-2)9(25)13(37-19)16(27)28)20(34-4)36-12-7(23)8(24)18(31)35-15(12)17(29)30/h4-15,18-26,31H,3H2,1-2H3,(H,27,28)(H,29,30)/t4-,5-,6+,7+,8+,9+,10+,11-,12+,13-,14+,15-,18?,19?,20?/m0/s1. The normalized spacial score (nSPS) is 48.0. The Labute approximate surface area is 214 Å². The van der Waals surface area contributed by atoms with Gasteiger partial charge in [0, 0.05) is 14.2 Å². The molecule has 3 heterocycles. The Morgan fingerprint density at radius 1 is 0.632 bits per heavy atom. The van der Waals surface area contributed by atoms with Crippen LogP contribution >= 0.6 is 0 Å². The molecule has 0 aliphatic carbocycles. The van der Waals surface area contributed by atoms with Gasteiger partial charge in [-0.2, -0.15) is 0 Å². The number of carboxylic acid groups (broad SMARTS) is 2. The maximum absolute atomic E-state index is 11.7. The molecule has 18 heteroatoms. The second-order valence-corrected chi connectivity index (χ2v) is 8.89. The minimum Gasteiger partial charge on any atom is -0.479 e. The zero-order chi connectivity index (χ0) is 28.5. The Morgan fingerprint density at radius 3 is 1.76 bits per heavy atom. The van der Waals surface area contributed by atoms with Crippen LogP contribution in [-0.4, -0.2) is 171 Å². The zero-order valence-electron chi connectivity index (χ0n) is 20.1. The summed E-state index contributed by atoms with van der Waals surface area (Å²) < 4.78 is 36.5. The Bertz CT molecular complexity index is 813. The minimum atomic E-state index is -2.09. The number of aliphatic carboxylic acids is 2. The Hall–Kier alpha value is -1.62. The highest BCUT2D eigenvalue weighted by molar-refractivity contribution is 5.74. The molecule has 18 nitrogen and oxygen atoms in total. The molecule has 0 bridgehead atoms. The highest BCUT2D eigenvalue weighted by Gasteiger charge is 2.55. The number of aliphatic hydroxyl groups excluding tert-OH is 7. The van der Waals surface area contributed by atoms with Crippen molar-refractivity contribution in [3.8, 4) is 0 Å². The number of ether oxygens (including phenoxy) is 7. The van der Waals surface area contributed by atoms with Crippen LogP contribution in [-0.2, 0) is 42.7 Å². The van der Waals surface area contributed by atoms with Crippen LogP contribution in [0.4, 0.5) is 0 Å². The van der Waals surface area contributed by atoms with Crippen LogP contribution in [0.3, 0.4) is 0 Å². The van der Waals surface area contributed by atoms with Gasteiger partial charge in [0.25, 0.3) is 0 Å². The lowest BCUT2D eigenvalue weighted by Crippen LogP contribution is -2.67. The fourth-order valence-electron chi connectivity index (χ4n) is 4.40. The number of methoxy groups -OCH3 is 2. The molecule has 3 saturated heterocycles. The van der Waals surface area contributed by atoms with Crippen molar-refractivity contribution in [1.29, 1.82) is 0 Å². The molecular weight excluding hydrogens is 528 g/mol. The number of rotatable bonds is 9. The molecule has 3 rings (SSSR count). The first-order valence-electron chi connectivity index (χ1n) is 11.3. The summed E-state index contributed by atoms with van der Waals surface area (Å²) in [4.78, 5) is 23.2. The summed E-state index contributed by atoms with van der Waals surface area (Å²) in [5, 5.41) is 91.0. The fourth-order valence-corrected chi connectivity index (χ4v) is 4.40. The van der Waals surface area contributed by atoms with Gasteiger partial charge >= 0.3 is 11.9 Å². The lowest BCUT2D eigenvalue weighted by atomic mass is 9.96. The van der Waals surface area contributed by atoms with E-state index in [0.29, 0.717) is 0 Å². The van der Waals surface area contributed by atoms with Crippen LogP contribution in [0.5, 0.6) is 0 Å². The number of aliphatic hydroxyl groups is 7. The first-order valence-corrected chi connectivity index (χ1v) is 11.3. The van der Waals surface area contributed by atoms with Gasteiger partial charge in [0.15, 0.2) is 31.1 Å². The molecule has 0 amide bonds. The van der Waals surface area contributed by atoms with Crippen LogP contribution in [0.15, 0.2) is 0 Å². The molecule has 15 atom stereocenters. The second kappa shape index (κ2) is 12.7. The number of hydrogen-bond donors (Lipinski definition) is 9. The molecule has 0 saturated carbocycles. The largest absolute Gasteiger partial charge is 0.479 e. The van der Waals surface area contributed by atoms with Crippen molar-refractivity contribution in [2.75, 3.05) is 20.8 Å². The van der Waals surface area contributed by atoms with Gasteiger partial charge in [-0.05, 0) is 0 Å². The third-order valence-electron chi connectivity index (χ3n) is 6.42. The summed E-state index contributed by atoms with van der Waals surface area (Å²) in [5.41, 5.74) is 0. The first-order chi connectivity index (χ1) is 17.8. The molecule has 0 spiro atoms. The molecule has 220 valence electrons. The van der Waals surface area contributed by atoms with Crippen LogP contribution in [0, 0.1) is 0 Å². The first kappa shape index (κ1) is 30.9. The van der Waals surface area contributed by atoms with Crippen LogP contribution in [0.2, 0.25) is 0 Å². The van der Waals surface area contributed by atoms with Gasteiger partial charge in [0.1, 0.15) is 61.0 Å². The van der Waals surface area contributed by atoms with E-state index in [9.17, 15) is 55.5 Å². The average Bonchev–Trinajstić information content (AvgIpc) is 2.85. The Kier molecular flexibility index (Phi) is 10.3. The van der Waals surface area contributed by atoms with E-state index in [-0.39, 0.29) is 6.61 Å². The van der Waals surface area contributed by atoms with Crippen molar-refractivity contribution < 1.29 is 88.7 Å². The van der Waals surface area contributed by atoms with E-state index < -0.39 is 104 Å². The maximum atomic E-state index is 11.7. The van der Waals surface area contributed by atoms with E-state index in [0.717, 1.165) is 7.11 Å². The van der Waals surface area contributed by atoms with E-state index in [1.807, 2.05) is 0 Å². The molecule has 38 heavy (non-hydrogen) atoms. The summed E-state index contributed by atoms with van der Waals surface area (Å²) in [6.45, 7) is -0.320. The molecule has 0 aromatic heterocycles. The quantitative estimate of drug-likeness (QED) is 0.127. The molecule has 0 aromatic carbocycles. The summed E-state index contributed by atoms with van der Waals surface area (Å²) in [7, 11) is 2.31. The van der Waals surface area contributed by atoms with Gasteiger partial charge in [-0.3, -0.25) is 0 Å². The highest BCUT2D eigenvalue weighted by Crippen LogP contribution is 2.33. The topological polar surface area (TPSA) is 281 Å². The van der Waals surface area contributed by atoms with Crippen molar-refractivity contribution in [2.45, 2.75) is 92.1 Å². The predicted molar refractivity (Wildman–Crippen MR) is 112 cm³/mol. The summed E-state index contributed by atoms with van der Waals surface area (Å²) in [5.74, 6) is -3.36. The lowest BCUT2D eigenvalue weighted by molar-refractivity contribution is -0.383. The molecule has 0 aromatic rings. The Morgan fingerprint density at radius 2 is 1.21 bits per heavy atom. The third kappa shape index (κ3) is 6.08. The number of carboxylic acids is 2. The second-order valence-electron chi connectivity index (χ2n) is 8.89. The highest BCUT2D eigenvalue weighted by atomic mass is 16.8. The van der Waals surface area contributed by atoms with Crippen molar-refractivity contribution in [3.63, 3.8) is 0 Å². The van der Waals surface area contributed by atoms with Crippen molar-refractivity contribution in [1.82, 2.24) is 0 Å². The monoisotopic (exact) mass is 560 g/mol. The van der Waals surface area contributed by atoms with E-state index >= 15 is 0 Å². The zero-order valence-corrected chi connectivity index (χ0v) is 20.1. The molecule has 3 aliphatic heterocycles. The smallest absolute Gasteiger partial charge is 0.335 e. The van der Waals surface area contributed by atoms with Crippen LogP contribution < -0.4 is 0 Å². The summed E-state index contributed by atoms with van der Waals surface area (Å²) in [6.07, 6.45) is -28.0. The average molecular weight is 560 g/mol. The number of hydrogen-bond acceptors (Lipinski definition) is 16. The van der Waals surface area contributed by atoms with E-state index in [4.69, 9.17) is 33.2 Å². The predicted octanol–water partition coefficient (Wildman–Crippen LogP) is -6.08. The molecule has 3 fully saturated rings. The molecule has 3 unspecified atom stereocenters. The van der Waals surface area contributed by atoms with Gasteiger partial charge in [-0.25, -0.2) is 9.59 Å². The van der Waals surface area contributed by atoms with Gasteiger partial charge in [-0.1, -0.05) is 0 Å². The maximum Gasteiger partial charge on any atom is 0.335 e. The SMILES string of the molecule is COC[C@@H]1OC(O[C@@H]2[C@H](O)[C@@H](O)C(O)O[C@@H]2C(=O)O)[C@H](OC2O[C@H](C(=O)O)[C@H](O)[C@H](OC)[C@H]2O)[C@H](O)[C@H]1O. The molecule has 0 radical (unpaired) electrons. The Balaban J connectivity index is 1.92. The van der Waals surface area contributed by atoms with Crippen molar-refractivity contribution in [2.24, 2.45) is 0 Å². The van der Waals surface area contributed by atoms with Crippen LogP contribution in [0.1, 0.15) is 0 Å². The summed E-state index contributed by atoms with van der Waals surface area (Å²) in [6, 6.07) is 0. The molecular formula is C20H32O18. The van der Waals surface area contributed by atoms with Gasteiger partial charge in [-0.15, -0.1) is 0 Å². The van der Waals surface area contributed by atoms with Crippen molar-refractivity contribution in [3.05, 3.63) is 0 Å². The molecule has 3 aliphatic rings. The molecule has 9 N–H and O–H groups in total. The minimum absolute atomic E-state index is 0.320. The fraction of sp³-hybridized carbons (Fsp3) is 0.900. The lowest BCUT2D eigenvalue weighted by Gasteiger charge is -2.48. The van der Waals surface area contributed by atoms with Gasteiger partial charge < -0.3 is 79.1 Å². The van der Waals surface area contributed by atoms with E-state index in [1.165, 1.54) is 7.11 Å². The summed E-state index contributed by atoms with van der Waals surface area (Å²) >= 11 is 0. The third-order valence-corrected chi connectivity index (χ3v) is 6.42. The number of carbonyl (C=O) groups is 2. The van der Waals surface area contributed by atoms with Gasteiger partial charge in [0.2, 0.25) is 0 Å². The van der Waals surface area contributed by atoms with E-state index in [2.05, 4.69) is 0 Å². The van der Waals surface area contributed by atoms with Crippen LogP contribution in [0.25, 0.3) is 0 Å². The van der Waals surface area contributed by atoms with E-state index in [1.54, 1.807) is 0 Å². The van der Waals surface area contributed by atoms with Gasteiger partial charge in [0.05, 0.1) is 6.61 Å².